The molecule has 0 N–H and O–H groups in total. The third-order valence-corrected chi connectivity index (χ3v) is 4.67. The lowest BCUT2D eigenvalue weighted by Crippen LogP contribution is -2.54. The van der Waals surface area contributed by atoms with Crippen molar-refractivity contribution < 1.29 is 28.6 Å². The van der Waals surface area contributed by atoms with E-state index in [0.29, 0.717) is 31.9 Å². The molecule has 7 nitrogen and oxygen atoms in total. The average molecular weight is 401 g/mol. The van der Waals surface area contributed by atoms with Crippen molar-refractivity contribution in [2.24, 2.45) is 0 Å². The van der Waals surface area contributed by atoms with Crippen LogP contribution in [-0.2, 0) is 14.3 Å². The van der Waals surface area contributed by atoms with Crippen LogP contribution in [0.2, 0.25) is 0 Å². The number of ketones is 1. The summed E-state index contributed by atoms with van der Waals surface area (Å²) in [6, 6.07) is 4.39. The van der Waals surface area contributed by atoms with Crippen molar-refractivity contribution in [3.63, 3.8) is 0 Å². The quantitative estimate of drug-likeness (QED) is 0.301. The monoisotopic (exact) mass is 401 g/mol. The first-order chi connectivity index (χ1) is 13.5. The fraction of sp³-hybridized carbons (Fsp3) is 0.409. The molecule has 0 bridgehead atoms. The molecule has 1 aliphatic heterocycles. The van der Waals surface area contributed by atoms with Gasteiger partial charge in [-0.1, -0.05) is 13.2 Å². The molecule has 0 spiro atoms. The van der Waals surface area contributed by atoms with Gasteiger partial charge in [-0.3, -0.25) is 9.69 Å². The van der Waals surface area contributed by atoms with Gasteiger partial charge in [0.2, 0.25) is 0 Å². The van der Waals surface area contributed by atoms with Crippen LogP contribution in [-0.4, -0.2) is 54.5 Å². The summed E-state index contributed by atoms with van der Waals surface area (Å²) in [5, 5.41) is 0. The van der Waals surface area contributed by atoms with Gasteiger partial charge >= 0.3 is 11.9 Å². The van der Waals surface area contributed by atoms with Crippen molar-refractivity contribution in [2.75, 3.05) is 26.3 Å². The highest BCUT2D eigenvalue weighted by Crippen LogP contribution is 2.32. The van der Waals surface area contributed by atoms with Crippen molar-refractivity contribution in [1.29, 1.82) is 0 Å². The molecule has 0 radical (unpaired) electrons. The molecule has 0 saturated carbocycles. The highest BCUT2D eigenvalue weighted by atomic mass is 16.6. The van der Waals surface area contributed by atoms with Crippen LogP contribution in [0.15, 0.2) is 42.5 Å². The molecule has 7 heteroatoms. The van der Waals surface area contributed by atoms with Gasteiger partial charge in [0.15, 0.2) is 17.3 Å². The first-order valence-corrected chi connectivity index (χ1v) is 9.31. The summed E-state index contributed by atoms with van der Waals surface area (Å²) in [5.74, 6) is -1.51. The van der Waals surface area contributed by atoms with Crippen LogP contribution >= 0.6 is 0 Å². The van der Waals surface area contributed by atoms with Crippen LogP contribution in [0, 0.1) is 0 Å². The lowest BCUT2D eigenvalue weighted by molar-refractivity contribution is -0.132. The zero-order valence-corrected chi connectivity index (χ0v) is 17.4. The Hall–Kier alpha value is -2.77. The molecule has 1 heterocycles. The minimum absolute atomic E-state index is 0.0216. The standard InChI is InChI=1S/C22H27NO6/c1-14(2)20(25)28-17-8-7-16(13-18(17)29-21(26)15(3)4)19(24)22(5,6)23-9-11-27-12-10-23/h7-8,13H,1,3,9-12H2,2,4-6H3. The molecule has 1 aromatic carbocycles. The second-order valence-electron chi connectivity index (χ2n) is 7.49. The van der Waals surface area contributed by atoms with Gasteiger partial charge in [-0.05, 0) is 45.9 Å². The van der Waals surface area contributed by atoms with Gasteiger partial charge in [-0.25, -0.2) is 9.59 Å². The van der Waals surface area contributed by atoms with Gasteiger partial charge in [0.1, 0.15) is 0 Å². The van der Waals surface area contributed by atoms with Crippen molar-refractivity contribution in [2.45, 2.75) is 33.2 Å². The molecule has 1 aromatic rings. The zero-order chi connectivity index (χ0) is 21.8. The Morgan fingerprint density at radius 3 is 2.00 bits per heavy atom. The number of hydrogen-bond acceptors (Lipinski definition) is 7. The maximum absolute atomic E-state index is 13.2. The number of Topliss-reactive ketones (excluding diaryl/α,β-unsaturated/α-hetero) is 1. The van der Waals surface area contributed by atoms with Crippen molar-refractivity contribution in [3.8, 4) is 11.5 Å². The maximum atomic E-state index is 13.2. The molecule has 0 aromatic heterocycles. The topological polar surface area (TPSA) is 82.1 Å². The van der Waals surface area contributed by atoms with Crippen LogP contribution < -0.4 is 9.47 Å². The largest absolute Gasteiger partial charge is 0.419 e. The zero-order valence-electron chi connectivity index (χ0n) is 17.4. The van der Waals surface area contributed by atoms with Gasteiger partial charge in [0.25, 0.3) is 0 Å². The number of morpholine rings is 1. The Kier molecular flexibility index (Phi) is 7.11. The second-order valence-corrected chi connectivity index (χ2v) is 7.49. The fourth-order valence-electron chi connectivity index (χ4n) is 2.81. The van der Waals surface area contributed by atoms with E-state index in [1.54, 1.807) is 6.07 Å². The molecular weight excluding hydrogens is 374 g/mol. The number of carbonyl (C=O) groups is 3. The molecule has 0 amide bonds. The minimum Gasteiger partial charge on any atom is -0.419 e. The molecule has 29 heavy (non-hydrogen) atoms. The van der Waals surface area contributed by atoms with E-state index >= 15 is 0 Å². The number of hydrogen-bond donors (Lipinski definition) is 0. The van der Waals surface area contributed by atoms with Gasteiger partial charge in [0.05, 0.1) is 18.8 Å². The summed E-state index contributed by atoms with van der Waals surface area (Å²) >= 11 is 0. The Morgan fingerprint density at radius 2 is 1.48 bits per heavy atom. The van der Waals surface area contributed by atoms with Gasteiger partial charge < -0.3 is 14.2 Å². The third kappa shape index (κ3) is 5.40. The average Bonchev–Trinajstić information content (AvgIpc) is 2.69. The molecule has 2 rings (SSSR count). The maximum Gasteiger partial charge on any atom is 0.338 e. The van der Waals surface area contributed by atoms with E-state index in [9.17, 15) is 14.4 Å². The van der Waals surface area contributed by atoms with E-state index in [-0.39, 0.29) is 28.4 Å². The SMILES string of the molecule is C=C(C)C(=O)Oc1ccc(C(=O)C(C)(C)N2CCOCC2)cc1OC(=O)C(=C)C. The Morgan fingerprint density at radius 1 is 0.966 bits per heavy atom. The van der Waals surface area contributed by atoms with E-state index in [4.69, 9.17) is 14.2 Å². The summed E-state index contributed by atoms with van der Waals surface area (Å²) in [6.07, 6.45) is 0. The van der Waals surface area contributed by atoms with Gasteiger partial charge in [0, 0.05) is 29.8 Å². The van der Waals surface area contributed by atoms with Gasteiger partial charge in [-0.15, -0.1) is 0 Å². The van der Waals surface area contributed by atoms with E-state index in [1.165, 1.54) is 26.0 Å². The minimum atomic E-state index is -0.782. The predicted molar refractivity (Wildman–Crippen MR) is 108 cm³/mol. The van der Waals surface area contributed by atoms with Crippen molar-refractivity contribution in [1.82, 2.24) is 4.90 Å². The van der Waals surface area contributed by atoms with E-state index < -0.39 is 17.5 Å². The number of benzene rings is 1. The van der Waals surface area contributed by atoms with Crippen LogP contribution in [0.3, 0.4) is 0 Å². The molecule has 0 atom stereocenters. The molecule has 156 valence electrons. The highest BCUT2D eigenvalue weighted by molar-refractivity contribution is 6.03. The summed E-state index contributed by atoms with van der Waals surface area (Å²) in [6.45, 7) is 16.2. The molecule has 1 saturated heterocycles. The molecule has 1 aliphatic rings. The highest BCUT2D eigenvalue weighted by Gasteiger charge is 2.36. The van der Waals surface area contributed by atoms with Crippen molar-refractivity contribution in [3.05, 3.63) is 48.1 Å². The first-order valence-electron chi connectivity index (χ1n) is 9.31. The van der Waals surface area contributed by atoms with E-state index in [2.05, 4.69) is 13.2 Å². The number of nitrogens with zero attached hydrogens (tertiary/aromatic N) is 1. The first kappa shape index (κ1) is 22.5. The van der Waals surface area contributed by atoms with Crippen molar-refractivity contribution >= 4 is 17.7 Å². The number of rotatable bonds is 7. The van der Waals surface area contributed by atoms with Gasteiger partial charge in [-0.2, -0.15) is 0 Å². The van der Waals surface area contributed by atoms with Crippen LogP contribution in [0.4, 0.5) is 0 Å². The fourth-order valence-corrected chi connectivity index (χ4v) is 2.81. The molecule has 0 unspecified atom stereocenters. The van der Waals surface area contributed by atoms with E-state index in [0.717, 1.165) is 0 Å². The molecule has 1 fully saturated rings. The second kappa shape index (κ2) is 9.15. The van der Waals surface area contributed by atoms with Crippen LogP contribution in [0.5, 0.6) is 11.5 Å². The number of esters is 2. The lowest BCUT2D eigenvalue weighted by Gasteiger charge is -2.39. The summed E-state index contributed by atoms with van der Waals surface area (Å²) in [7, 11) is 0. The Labute approximate surface area is 170 Å². The number of carbonyl (C=O) groups excluding carboxylic acids is 3. The summed E-state index contributed by atoms with van der Waals surface area (Å²) in [5.41, 5.74) is -0.0839. The van der Waals surface area contributed by atoms with Crippen LogP contribution in [0.1, 0.15) is 38.1 Å². The number of ether oxygens (including phenoxy) is 3. The summed E-state index contributed by atoms with van der Waals surface area (Å²) < 4.78 is 15.9. The Bertz CT molecular complexity index is 849. The smallest absolute Gasteiger partial charge is 0.338 e. The normalized spacial score (nSPS) is 14.8. The molecule has 0 aliphatic carbocycles. The predicted octanol–water partition coefficient (Wildman–Crippen LogP) is 2.94. The third-order valence-electron chi connectivity index (χ3n) is 4.67. The summed E-state index contributed by atoms with van der Waals surface area (Å²) in [4.78, 5) is 39.2. The molecular formula is C22H27NO6. The Balaban J connectivity index is 2.38. The van der Waals surface area contributed by atoms with Crippen LogP contribution in [0.25, 0.3) is 0 Å². The van der Waals surface area contributed by atoms with E-state index in [1.807, 2.05) is 18.7 Å². The lowest BCUT2D eigenvalue weighted by atomic mass is 9.90.